The smallest absolute Gasteiger partial charge is 0.317 e. The van der Waals surface area contributed by atoms with E-state index in [1.54, 1.807) is 18.2 Å². The van der Waals surface area contributed by atoms with Gasteiger partial charge in [-0.15, -0.1) is 0 Å². The number of methoxy groups -OCH3 is 1. The lowest BCUT2D eigenvalue weighted by atomic mass is 9.91. The first-order chi connectivity index (χ1) is 16.4. The Kier molecular flexibility index (Phi) is 6.70. The lowest BCUT2D eigenvalue weighted by molar-refractivity contribution is -0.141. The summed E-state index contributed by atoms with van der Waals surface area (Å²) in [5.74, 6) is -3.40. The number of rotatable bonds is 6. The van der Waals surface area contributed by atoms with E-state index in [9.17, 15) is 18.4 Å². The molecule has 3 aromatic carbocycles. The highest BCUT2D eigenvalue weighted by Crippen LogP contribution is 2.30. The molecule has 0 aliphatic rings. The number of carbonyl (C=O) groups excluding carboxylic acids is 2. The molecule has 1 N–H and O–H groups in total. The predicted octanol–water partition coefficient (Wildman–Crippen LogP) is 5.72. The van der Waals surface area contributed by atoms with E-state index in [1.165, 1.54) is 56.0 Å². The van der Waals surface area contributed by atoms with Crippen molar-refractivity contribution >= 4 is 46.3 Å². The van der Waals surface area contributed by atoms with Gasteiger partial charge in [-0.25, -0.2) is 13.8 Å². The molecule has 0 bridgehead atoms. The van der Waals surface area contributed by atoms with Crippen molar-refractivity contribution in [2.24, 2.45) is 0 Å². The van der Waals surface area contributed by atoms with E-state index in [-0.39, 0.29) is 10.7 Å². The molecule has 0 fully saturated rings. The van der Waals surface area contributed by atoms with Crippen molar-refractivity contribution in [3.8, 4) is 0 Å². The number of oxazole rings is 1. The third-order valence-electron chi connectivity index (χ3n) is 5.08. The lowest BCUT2D eigenvalue weighted by Crippen LogP contribution is -2.16. The second-order valence-electron chi connectivity index (χ2n) is 7.27. The van der Waals surface area contributed by atoms with Crippen molar-refractivity contribution in [2.75, 3.05) is 12.4 Å². The monoisotopic (exact) mass is 482 g/mol. The Morgan fingerprint density at radius 1 is 1.06 bits per heavy atom. The molecule has 0 saturated heterocycles. The minimum Gasteiger partial charge on any atom is -0.468 e. The van der Waals surface area contributed by atoms with Crippen LogP contribution in [0.3, 0.4) is 0 Å². The molecular weight excluding hydrogens is 466 g/mol. The summed E-state index contributed by atoms with van der Waals surface area (Å²) in [7, 11) is 1.25. The number of nitrogens with zero attached hydrogens (tertiary/aromatic N) is 1. The van der Waals surface area contributed by atoms with Crippen molar-refractivity contribution < 1.29 is 27.5 Å². The van der Waals surface area contributed by atoms with Gasteiger partial charge >= 0.3 is 5.97 Å². The van der Waals surface area contributed by atoms with Crippen LogP contribution in [0.25, 0.3) is 17.2 Å². The maximum absolute atomic E-state index is 14.8. The quantitative estimate of drug-likeness (QED) is 0.281. The molecular formula is C25H17ClF2N2O4. The molecule has 1 aromatic heterocycles. The molecule has 1 heterocycles. The molecule has 172 valence electrons. The zero-order chi connectivity index (χ0) is 24.2. The van der Waals surface area contributed by atoms with Crippen molar-refractivity contribution in [2.45, 2.75) is 5.92 Å². The maximum Gasteiger partial charge on any atom is 0.317 e. The average molecular weight is 483 g/mol. The molecule has 0 aliphatic heterocycles. The van der Waals surface area contributed by atoms with Crippen molar-refractivity contribution in [1.82, 2.24) is 4.98 Å². The highest BCUT2D eigenvalue weighted by Gasteiger charge is 2.25. The molecule has 6 nitrogen and oxygen atoms in total. The molecule has 0 aliphatic carbocycles. The summed E-state index contributed by atoms with van der Waals surface area (Å²) in [6.45, 7) is 0. The number of hydrogen-bond acceptors (Lipinski definition) is 5. The predicted molar refractivity (Wildman–Crippen MR) is 123 cm³/mol. The minimum absolute atomic E-state index is 0.0768. The van der Waals surface area contributed by atoms with E-state index < -0.39 is 29.4 Å². The number of ether oxygens (including phenoxy) is 1. The van der Waals surface area contributed by atoms with Crippen molar-refractivity contribution in [1.29, 1.82) is 0 Å². The Hall–Kier alpha value is -4.04. The van der Waals surface area contributed by atoms with Crippen LogP contribution in [-0.4, -0.2) is 24.0 Å². The topological polar surface area (TPSA) is 81.4 Å². The summed E-state index contributed by atoms with van der Waals surface area (Å²) < 4.78 is 38.2. The van der Waals surface area contributed by atoms with Gasteiger partial charge in [0.25, 0.3) is 0 Å². The number of amides is 1. The summed E-state index contributed by atoms with van der Waals surface area (Å²) in [6.07, 6.45) is 3.87. The summed E-state index contributed by atoms with van der Waals surface area (Å²) in [5.41, 5.74) is 2.40. The Morgan fingerprint density at radius 2 is 1.82 bits per heavy atom. The van der Waals surface area contributed by atoms with Crippen LogP contribution in [-0.2, 0) is 14.3 Å². The van der Waals surface area contributed by atoms with Gasteiger partial charge in [-0.2, -0.15) is 0 Å². The number of hydrogen-bond donors (Lipinski definition) is 1. The fraction of sp³-hybridized carbons (Fsp3) is 0.0800. The second-order valence-corrected chi connectivity index (χ2v) is 7.68. The molecule has 0 radical (unpaired) electrons. The molecule has 9 heteroatoms. The molecule has 34 heavy (non-hydrogen) atoms. The zero-order valence-corrected chi connectivity index (χ0v) is 18.5. The fourth-order valence-electron chi connectivity index (χ4n) is 3.41. The van der Waals surface area contributed by atoms with E-state index >= 15 is 0 Å². The van der Waals surface area contributed by atoms with Crippen LogP contribution in [0.1, 0.15) is 22.6 Å². The normalized spacial score (nSPS) is 12.1. The van der Waals surface area contributed by atoms with Crippen LogP contribution in [0.2, 0.25) is 5.02 Å². The number of fused-ring (bicyclic) bond motifs is 1. The van der Waals surface area contributed by atoms with Crippen molar-refractivity contribution in [3.05, 3.63) is 100 Å². The number of benzene rings is 3. The summed E-state index contributed by atoms with van der Waals surface area (Å²) >= 11 is 5.72. The van der Waals surface area contributed by atoms with Gasteiger partial charge in [-0.1, -0.05) is 29.8 Å². The highest BCUT2D eigenvalue weighted by molar-refractivity contribution is 6.30. The summed E-state index contributed by atoms with van der Waals surface area (Å²) in [5, 5.41) is 2.35. The van der Waals surface area contributed by atoms with Crippen LogP contribution < -0.4 is 5.32 Å². The van der Waals surface area contributed by atoms with Crippen LogP contribution >= 0.6 is 11.6 Å². The van der Waals surface area contributed by atoms with E-state index in [4.69, 9.17) is 20.8 Å². The van der Waals surface area contributed by atoms with Gasteiger partial charge < -0.3 is 14.5 Å². The molecule has 1 amide bonds. The number of halogens is 3. The SMILES string of the molecule is COC(=O)C(c1ccc(NC(=O)C=Cc2ccc(F)c(Cl)c2)c(F)c1)c1ccc2ocnc2c1. The first-order valence-electron chi connectivity index (χ1n) is 10.0. The Bertz CT molecular complexity index is 1420. The first-order valence-corrected chi connectivity index (χ1v) is 10.4. The van der Waals surface area contributed by atoms with Crippen LogP contribution in [0.5, 0.6) is 0 Å². The third-order valence-corrected chi connectivity index (χ3v) is 5.37. The molecule has 1 atom stereocenters. The Balaban J connectivity index is 1.55. The molecule has 1 unspecified atom stereocenters. The number of carbonyl (C=O) groups is 2. The number of esters is 1. The average Bonchev–Trinajstić information content (AvgIpc) is 3.29. The highest BCUT2D eigenvalue weighted by atomic mass is 35.5. The molecule has 4 rings (SSSR count). The van der Waals surface area contributed by atoms with Gasteiger partial charge in [-0.3, -0.25) is 9.59 Å². The molecule has 0 spiro atoms. The van der Waals surface area contributed by atoms with Gasteiger partial charge in [0, 0.05) is 6.08 Å². The van der Waals surface area contributed by atoms with E-state index in [0.29, 0.717) is 27.8 Å². The molecule has 0 saturated carbocycles. The number of anilines is 1. The van der Waals surface area contributed by atoms with Gasteiger partial charge in [0.05, 0.1) is 17.8 Å². The standard InChI is InChI=1S/C25H17ClF2N2O4/c1-33-25(32)24(16-5-8-22-21(12-16)29-13-34-22)15-4-7-20(19(28)11-15)30-23(31)9-3-14-2-6-18(27)17(26)10-14/h2-13,24H,1H3,(H,30,31). The Morgan fingerprint density at radius 3 is 2.56 bits per heavy atom. The zero-order valence-electron chi connectivity index (χ0n) is 17.7. The van der Waals surface area contributed by atoms with Crippen LogP contribution in [0.4, 0.5) is 14.5 Å². The Labute approximate surface area is 197 Å². The summed E-state index contributed by atoms with van der Waals surface area (Å²) in [4.78, 5) is 28.8. The van der Waals surface area contributed by atoms with Gasteiger partial charge in [-0.05, 0) is 59.2 Å². The van der Waals surface area contributed by atoms with Gasteiger partial charge in [0.2, 0.25) is 5.91 Å². The minimum atomic E-state index is -0.909. The number of aromatic nitrogens is 1. The fourth-order valence-corrected chi connectivity index (χ4v) is 3.60. The van der Waals surface area contributed by atoms with E-state index in [1.807, 2.05) is 0 Å². The van der Waals surface area contributed by atoms with Crippen LogP contribution in [0.15, 0.2) is 71.5 Å². The van der Waals surface area contributed by atoms with Crippen molar-refractivity contribution in [3.63, 3.8) is 0 Å². The largest absolute Gasteiger partial charge is 0.468 e. The maximum atomic E-state index is 14.8. The van der Waals surface area contributed by atoms with Gasteiger partial charge in [0.1, 0.15) is 23.1 Å². The van der Waals surface area contributed by atoms with E-state index in [2.05, 4.69) is 10.3 Å². The molecule has 4 aromatic rings. The van der Waals surface area contributed by atoms with E-state index in [0.717, 1.165) is 6.07 Å². The van der Waals surface area contributed by atoms with Crippen LogP contribution in [0, 0.1) is 11.6 Å². The lowest BCUT2D eigenvalue weighted by Gasteiger charge is -2.16. The second kappa shape index (κ2) is 9.84. The van der Waals surface area contributed by atoms with Gasteiger partial charge in [0.15, 0.2) is 12.0 Å². The number of nitrogens with one attached hydrogen (secondary N) is 1. The summed E-state index contributed by atoms with van der Waals surface area (Å²) in [6, 6.07) is 13.0. The first kappa shape index (κ1) is 23.1. The third kappa shape index (κ3) is 4.97.